The zero-order chi connectivity index (χ0) is 16.5. The van der Waals surface area contributed by atoms with E-state index in [0.717, 1.165) is 54.8 Å². The van der Waals surface area contributed by atoms with Crippen LogP contribution in [0, 0.1) is 0 Å². The van der Waals surface area contributed by atoms with E-state index in [1.807, 2.05) is 28.8 Å². The Balaban J connectivity index is 1.72. The predicted molar refractivity (Wildman–Crippen MR) is 93.9 cm³/mol. The van der Waals surface area contributed by atoms with Gasteiger partial charge in [0.15, 0.2) is 5.96 Å². The summed E-state index contributed by atoms with van der Waals surface area (Å²) in [5.74, 6) is 1.77. The number of halogens is 1. The van der Waals surface area contributed by atoms with Crippen LogP contribution in [-0.2, 0) is 19.4 Å². The van der Waals surface area contributed by atoms with Crippen LogP contribution in [0.5, 0.6) is 0 Å². The van der Waals surface area contributed by atoms with E-state index in [2.05, 4.69) is 32.7 Å². The second-order valence-electron chi connectivity index (χ2n) is 5.06. The summed E-state index contributed by atoms with van der Waals surface area (Å²) in [5.41, 5.74) is 1.13. The quantitative estimate of drug-likeness (QED) is 0.599. The second kappa shape index (κ2) is 9.15. The molecule has 0 radical (unpaired) electrons. The lowest BCUT2D eigenvalue weighted by atomic mass is 10.1. The van der Waals surface area contributed by atoms with Crippen LogP contribution in [0.3, 0.4) is 0 Å². The van der Waals surface area contributed by atoms with E-state index in [-0.39, 0.29) is 0 Å². The van der Waals surface area contributed by atoms with Crippen molar-refractivity contribution in [3.05, 3.63) is 47.0 Å². The molecule has 7 heteroatoms. The van der Waals surface area contributed by atoms with Gasteiger partial charge >= 0.3 is 0 Å². The van der Waals surface area contributed by atoms with Crippen LogP contribution in [0.15, 0.2) is 35.6 Å². The van der Waals surface area contributed by atoms with E-state index in [0.29, 0.717) is 0 Å². The zero-order valence-electron chi connectivity index (χ0n) is 13.6. The minimum atomic E-state index is 0.761. The minimum Gasteiger partial charge on any atom is -0.356 e. The van der Waals surface area contributed by atoms with Crippen LogP contribution in [0.25, 0.3) is 0 Å². The maximum Gasteiger partial charge on any atom is 0.191 e. The molecule has 1 aromatic carbocycles. The Labute approximate surface area is 142 Å². The van der Waals surface area contributed by atoms with Gasteiger partial charge in [0.2, 0.25) is 0 Å². The summed E-state index contributed by atoms with van der Waals surface area (Å²) in [6.45, 7) is 4.41. The highest BCUT2D eigenvalue weighted by Crippen LogP contribution is 2.14. The summed E-state index contributed by atoms with van der Waals surface area (Å²) in [7, 11) is 1.76. The molecule has 0 saturated carbocycles. The number of hydrogen-bond acceptors (Lipinski definition) is 3. The lowest BCUT2D eigenvalue weighted by Crippen LogP contribution is -2.39. The van der Waals surface area contributed by atoms with E-state index in [1.165, 1.54) is 0 Å². The topological polar surface area (TPSA) is 67.1 Å². The molecule has 0 bridgehead atoms. The van der Waals surface area contributed by atoms with Crippen molar-refractivity contribution in [2.75, 3.05) is 20.1 Å². The summed E-state index contributed by atoms with van der Waals surface area (Å²) in [4.78, 5) is 4.22. The average molecular weight is 335 g/mol. The summed E-state index contributed by atoms with van der Waals surface area (Å²) in [6.07, 6.45) is 3.49. The maximum absolute atomic E-state index is 6.15. The third kappa shape index (κ3) is 5.25. The van der Waals surface area contributed by atoms with Crippen molar-refractivity contribution in [1.82, 2.24) is 25.4 Å². The third-order valence-corrected chi connectivity index (χ3v) is 3.89. The first kappa shape index (κ1) is 17.3. The van der Waals surface area contributed by atoms with E-state index >= 15 is 0 Å². The van der Waals surface area contributed by atoms with Crippen molar-refractivity contribution in [3.63, 3.8) is 0 Å². The number of aryl methyl sites for hydroxylation is 1. The summed E-state index contributed by atoms with van der Waals surface area (Å²) in [6, 6.07) is 7.89. The second-order valence-corrected chi connectivity index (χ2v) is 5.47. The number of nitrogens with zero attached hydrogens (tertiary/aromatic N) is 4. The first-order valence-electron chi connectivity index (χ1n) is 7.79. The largest absolute Gasteiger partial charge is 0.356 e. The van der Waals surface area contributed by atoms with Gasteiger partial charge in [-0.25, -0.2) is 0 Å². The monoisotopic (exact) mass is 334 g/mol. The average Bonchev–Trinajstić information content (AvgIpc) is 3.02. The van der Waals surface area contributed by atoms with Gasteiger partial charge in [-0.15, -0.1) is 10.2 Å². The van der Waals surface area contributed by atoms with Gasteiger partial charge in [0.1, 0.15) is 12.2 Å². The summed E-state index contributed by atoms with van der Waals surface area (Å²) in [5, 5.41) is 15.4. The molecule has 0 saturated heterocycles. The molecule has 0 fully saturated rings. The molecule has 0 aliphatic carbocycles. The number of aromatic nitrogens is 3. The SMILES string of the molecule is CCc1nncn1CCNC(=NC)NCCc1ccccc1Cl. The molecule has 0 atom stereocenters. The smallest absolute Gasteiger partial charge is 0.191 e. The highest BCUT2D eigenvalue weighted by Gasteiger charge is 2.03. The lowest BCUT2D eigenvalue weighted by Gasteiger charge is -2.13. The van der Waals surface area contributed by atoms with Gasteiger partial charge in [0.25, 0.3) is 0 Å². The van der Waals surface area contributed by atoms with Gasteiger partial charge in [-0.2, -0.15) is 0 Å². The number of nitrogens with one attached hydrogen (secondary N) is 2. The van der Waals surface area contributed by atoms with Gasteiger partial charge < -0.3 is 15.2 Å². The van der Waals surface area contributed by atoms with E-state index < -0.39 is 0 Å². The fourth-order valence-electron chi connectivity index (χ4n) is 2.27. The molecular weight excluding hydrogens is 312 g/mol. The van der Waals surface area contributed by atoms with Crippen molar-refractivity contribution in [3.8, 4) is 0 Å². The molecule has 23 heavy (non-hydrogen) atoms. The summed E-state index contributed by atoms with van der Waals surface area (Å²) < 4.78 is 2.05. The molecule has 0 aliphatic rings. The van der Waals surface area contributed by atoms with Crippen molar-refractivity contribution < 1.29 is 0 Å². The Morgan fingerprint density at radius 3 is 2.78 bits per heavy atom. The fourth-order valence-corrected chi connectivity index (χ4v) is 2.50. The van der Waals surface area contributed by atoms with Crippen LogP contribution in [-0.4, -0.2) is 40.9 Å². The zero-order valence-corrected chi connectivity index (χ0v) is 14.3. The van der Waals surface area contributed by atoms with E-state index in [9.17, 15) is 0 Å². The molecule has 0 unspecified atom stereocenters. The number of rotatable bonds is 7. The molecule has 2 aromatic rings. The molecule has 124 valence electrons. The first-order valence-corrected chi connectivity index (χ1v) is 8.17. The highest BCUT2D eigenvalue weighted by atomic mass is 35.5. The Morgan fingerprint density at radius 2 is 2.04 bits per heavy atom. The Kier molecular flexibility index (Phi) is 6.87. The van der Waals surface area contributed by atoms with Gasteiger partial charge in [0, 0.05) is 38.1 Å². The highest BCUT2D eigenvalue weighted by molar-refractivity contribution is 6.31. The normalized spacial score (nSPS) is 11.5. The van der Waals surface area contributed by atoms with Gasteiger partial charge in [-0.3, -0.25) is 4.99 Å². The first-order chi connectivity index (χ1) is 11.2. The number of benzene rings is 1. The molecule has 0 spiro atoms. The van der Waals surface area contributed by atoms with Crippen LogP contribution >= 0.6 is 11.6 Å². The Hall–Kier alpha value is -2.08. The van der Waals surface area contributed by atoms with Crippen molar-refractivity contribution >= 4 is 17.6 Å². The van der Waals surface area contributed by atoms with Gasteiger partial charge in [0.05, 0.1) is 0 Å². The van der Waals surface area contributed by atoms with E-state index in [1.54, 1.807) is 13.4 Å². The fraction of sp³-hybridized carbons (Fsp3) is 0.438. The standard InChI is InChI=1S/C16H23ClN6/c1-3-15-22-21-12-23(15)11-10-20-16(18-2)19-9-8-13-6-4-5-7-14(13)17/h4-7,12H,3,8-11H2,1-2H3,(H2,18,19,20). The van der Waals surface area contributed by atoms with Crippen molar-refractivity contribution in [2.24, 2.45) is 4.99 Å². The molecule has 1 heterocycles. The number of aliphatic imine (C=N–C) groups is 1. The molecular formula is C16H23ClN6. The van der Waals surface area contributed by atoms with Crippen LogP contribution in [0.4, 0.5) is 0 Å². The van der Waals surface area contributed by atoms with Crippen LogP contribution < -0.4 is 10.6 Å². The molecule has 2 rings (SSSR count). The van der Waals surface area contributed by atoms with Gasteiger partial charge in [-0.1, -0.05) is 36.7 Å². The van der Waals surface area contributed by atoms with Crippen LogP contribution in [0.1, 0.15) is 18.3 Å². The maximum atomic E-state index is 6.15. The molecule has 2 N–H and O–H groups in total. The number of guanidine groups is 1. The van der Waals surface area contributed by atoms with Crippen molar-refractivity contribution in [1.29, 1.82) is 0 Å². The Bertz CT molecular complexity index is 637. The molecule has 0 aliphatic heterocycles. The molecule has 0 amide bonds. The number of hydrogen-bond donors (Lipinski definition) is 2. The third-order valence-electron chi connectivity index (χ3n) is 3.53. The lowest BCUT2D eigenvalue weighted by molar-refractivity contribution is 0.632. The van der Waals surface area contributed by atoms with Crippen molar-refractivity contribution in [2.45, 2.75) is 26.3 Å². The summed E-state index contributed by atoms with van der Waals surface area (Å²) >= 11 is 6.15. The van der Waals surface area contributed by atoms with Gasteiger partial charge in [-0.05, 0) is 18.1 Å². The van der Waals surface area contributed by atoms with E-state index in [4.69, 9.17) is 11.6 Å². The van der Waals surface area contributed by atoms with Crippen LogP contribution in [0.2, 0.25) is 5.02 Å². The Morgan fingerprint density at radius 1 is 1.26 bits per heavy atom. The molecule has 1 aromatic heterocycles. The predicted octanol–water partition coefficient (Wildman–Crippen LogP) is 1.90. The minimum absolute atomic E-state index is 0.761. The molecule has 6 nitrogen and oxygen atoms in total.